The second kappa shape index (κ2) is 8.24. The summed E-state index contributed by atoms with van der Waals surface area (Å²) in [6, 6.07) is 7.33. The molecule has 0 atom stereocenters. The van der Waals surface area contributed by atoms with Crippen LogP contribution in [0.15, 0.2) is 41.5 Å². The molecule has 33 heavy (non-hydrogen) atoms. The van der Waals surface area contributed by atoms with E-state index in [1.54, 1.807) is 12.3 Å². The predicted molar refractivity (Wildman–Crippen MR) is 125 cm³/mol. The standard InChI is InChI=1S/C25H31F2N5O/c1-24(11-6-12-24)28-14-17-13-19(25(2,26)27)20-16-32(23(33)31(20)15-17)22-10-5-9-21(30-22)29-18-7-3-4-8-18/h5,9-10,13,15-16,18,28H,3-4,6-8,11-12,14H2,1-2H3,(H,29,30). The maximum Gasteiger partial charge on any atom is 0.338 e. The molecule has 3 heterocycles. The van der Waals surface area contributed by atoms with Crippen LogP contribution < -0.4 is 16.3 Å². The molecule has 5 rings (SSSR count). The van der Waals surface area contributed by atoms with E-state index in [1.165, 1.54) is 40.5 Å². The Morgan fingerprint density at radius 2 is 1.94 bits per heavy atom. The van der Waals surface area contributed by atoms with Gasteiger partial charge < -0.3 is 10.6 Å². The quantitative estimate of drug-likeness (QED) is 0.527. The summed E-state index contributed by atoms with van der Waals surface area (Å²) < 4.78 is 31.8. The average molecular weight is 456 g/mol. The maximum absolute atomic E-state index is 14.6. The molecule has 2 aliphatic rings. The molecule has 6 nitrogen and oxygen atoms in total. The topological polar surface area (TPSA) is 63.4 Å². The van der Waals surface area contributed by atoms with Crippen LogP contribution >= 0.6 is 0 Å². The molecule has 0 bridgehead atoms. The molecular formula is C25H31F2N5O. The van der Waals surface area contributed by atoms with Crippen molar-refractivity contribution in [1.29, 1.82) is 0 Å². The van der Waals surface area contributed by atoms with Crippen LogP contribution in [0, 0.1) is 0 Å². The van der Waals surface area contributed by atoms with E-state index in [2.05, 4.69) is 22.5 Å². The lowest BCUT2D eigenvalue weighted by molar-refractivity contribution is 0.0186. The number of nitrogens with one attached hydrogen (secondary N) is 2. The minimum Gasteiger partial charge on any atom is -0.367 e. The molecule has 0 spiro atoms. The van der Waals surface area contributed by atoms with E-state index in [4.69, 9.17) is 0 Å². The second-order valence-corrected chi connectivity index (χ2v) is 9.96. The maximum atomic E-state index is 14.6. The van der Waals surface area contributed by atoms with Gasteiger partial charge in [-0.1, -0.05) is 18.9 Å². The molecule has 8 heteroatoms. The number of aromatic nitrogens is 3. The Hall–Kier alpha value is -2.74. The van der Waals surface area contributed by atoms with Gasteiger partial charge in [0.25, 0.3) is 5.92 Å². The van der Waals surface area contributed by atoms with Gasteiger partial charge in [0, 0.05) is 43.0 Å². The fraction of sp³-hybridized carbons (Fsp3) is 0.520. The molecule has 0 aromatic carbocycles. The van der Waals surface area contributed by atoms with Crippen molar-refractivity contribution >= 4 is 11.3 Å². The molecule has 3 aromatic heterocycles. The Bertz CT molecular complexity index is 1220. The third-order valence-corrected chi connectivity index (χ3v) is 7.16. The van der Waals surface area contributed by atoms with Crippen LogP contribution in [0.3, 0.4) is 0 Å². The Morgan fingerprint density at radius 3 is 2.61 bits per heavy atom. The predicted octanol–water partition coefficient (Wildman–Crippen LogP) is 4.98. The average Bonchev–Trinajstić information content (AvgIpc) is 3.38. The first-order chi connectivity index (χ1) is 15.7. The molecule has 0 amide bonds. The molecular weight excluding hydrogens is 424 g/mol. The van der Waals surface area contributed by atoms with Gasteiger partial charge in [0.05, 0.1) is 5.52 Å². The molecule has 2 fully saturated rings. The minimum atomic E-state index is -3.08. The molecule has 3 aromatic rings. The van der Waals surface area contributed by atoms with Crippen LogP contribution in [0.2, 0.25) is 0 Å². The monoisotopic (exact) mass is 455 g/mol. The first kappa shape index (κ1) is 22.1. The van der Waals surface area contributed by atoms with Crippen molar-refractivity contribution in [2.75, 3.05) is 5.32 Å². The number of nitrogens with zero attached hydrogens (tertiary/aromatic N) is 3. The van der Waals surface area contributed by atoms with Crippen LogP contribution in [0.4, 0.5) is 14.6 Å². The van der Waals surface area contributed by atoms with E-state index < -0.39 is 11.6 Å². The van der Waals surface area contributed by atoms with Crippen molar-refractivity contribution in [2.45, 2.75) is 82.8 Å². The second-order valence-electron chi connectivity index (χ2n) is 9.96. The zero-order valence-corrected chi connectivity index (χ0v) is 19.2. The van der Waals surface area contributed by atoms with Gasteiger partial charge in [0.15, 0.2) is 0 Å². The Morgan fingerprint density at radius 1 is 1.18 bits per heavy atom. The zero-order chi connectivity index (χ0) is 23.2. The van der Waals surface area contributed by atoms with Gasteiger partial charge in [-0.05, 0) is 62.8 Å². The number of halogens is 2. The van der Waals surface area contributed by atoms with Gasteiger partial charge in [-0.3, -0.25) is 8.97 Å². The third-order valence-electron chi connectivity index (χ3n) is 7.16. The molecule has 0 unspecified atom stereocenters. The van der Waals surface area contributed by atoms with E-state index in [1.807, 2.05) is 12.1 Å². The van der Waals surface area contributed by atoms with Crippen molar-refractivity contribution < 1.29 is 8.78 Å². The van der Waals surface area contributed by atoms with Gasteiger partial charge >= 0.3 is 5.69 Å². The summed E-state index contributed by atoms with van der Waals surface area (Å²) >= 11 is 0. The number of alkyl halides is 2. The lowest BCUT2D eigenvalue weighted by Crippen LogP contribution is -2.47. The Labute approximate surface area is 192 Å². The molecule has 2 aliphatic carbocycles. The van der Waals surface area contributed by atoms with Gasteiger partial charge in [0.2, 0.25) is 0 Å². The van der Waals surface area contributed by atoms with Gasteiger partial charge in [-0.25, -0.2) is 18.6 Å². The zero-order valence-electron chi connectivity index (χ0n) is 19.2. The number of hydrogen-bond donors (Lipinski definition) is 2. The summed E-state index contributed by atoms with van der Waals surface area (Å²) in [6.07, 6.45) is 11.1. The number of pyridine rings is 2. The number of rotatable bonds is 7. The molecule has 176 valence electrons. The number of hydrogen-bond acceptors (Lipinski definition) is 4. The summed E-state index contributed by atoms with van der Waals surface area (Å²) in [6.45, 7) is 3.45. The Balaban J connectivity index is 1.52. The van der Waals surface area contributed by atoms with Crippen molar-refractivity contribution in [3.63, 3.8) is 0 Å². The normalized spacial score (nSPS) is 18.5. The molecule has 0 radical (unpaired) electrons. The number of fused-ring (bicyclic) bond motifs is 1. The van der Waals surface area contributed by atoms with Crippen LogP contribution in [-0.4, -0.2) is 25.5 Å². The molecule has 2 N–H and O–H groups in total. The SMILES string of the molecule is CC1(NCc2cc(C(C)(F)F)c3cn(-c4cccc(NC5CCCC5)n4)c(=O)n3c2)CCC1. The van der Waals surface area contributed by atoms with E-state index in [0.29, 0.717) is 29.8 Å². The highest BCUT2D eigenvalue weighted by Gasteiger charge is 2.32. The summed E-state index contributed by atoms with van der Waals surface area (Å²) in [4.78, 5) is 17.9. The van der Waals surface area contributed by atoms with Crippen molar-refractivity contribution in [3.05, 3.63) is 58.3 Å². The highest BCUT2D eigenvalue weighted by molar-refractivity contribution is 5.58. The highest BCUT2D eigenvalue weighted by Crippen LogP contribution is 2.33. The number of imidazole rings is 1. The number of anilines is 1. The largest absolute Gasteiger partial charge is 0.367 e. The van der Waals surface area contributed by atoms with E-state index in [-0.39, 0.29) is 16.6 Å². The smallest absolute Gasteiger partial charge is 0.338 e. The van der Waals surface area contributed by atoms with Gasteiger partial charge in [-0.15, -0.1) is 0 Å². The lowest BCUT2D eigenvalue weighted by atomic mass is 9.78. The van der Waals surface area contributed by atoms with Crippen molar-refractivity contribution in [3.8, 4) is 5.82 Å². The van der Waals surface area contributed by atoms with E-state index in [9.17, 15) is 13.6 Å². The summed E-state index contributed by atoms with van der Waals surface area (Å²) in [5.74, 6) is -1.97. The minimum absolute atomic E-state index is 0.0391. The molecule has 0 saturated heterocycles. The van der Waals surface area contributed by atoms with Crippen LogP contribution in [-0.2, 0) is 12.5 Å². The van der Waals surface area contributed by atoms with Crippen molar-refractivity contribution in [2.24, 2.45) is 0 Å². The van der Waals surface area contributed by atoms with Gasteiger partial charge in [0.1, 0.15) is 11.6 Å². The first-order valence-electron chi connectivity index (χ1n) is 11.9. The van der Waals surface area contributed by atoms with E-state index >= 15 is 0 Å². The van der Waals surface area contributed by atoms with Crippen molar-refractivity contribution in [1.82, 2.24) is 19.3 Å². The van der Waals surface area contributed by atoms with E-state index in [0.717, 1.165) is 32.6 Å². The molecule has 2 saturated carbocycles. The van der Waals surface area contributed by atoms with Gasteiger partial charge in [-0.2, -0.15) is 0 Å². The first-order valence-corrected chi connectivity index (χ1v) is 11.9. The van der Waals surface area contributed by atoms with Crippen LogP contribution in [0.5, 0.6) is 0 Å². The molecule has 0 aliphatic heterocycles. The fourth-order valence-corrected chi connectivity index (χ4v) is 4.97. The highest BCUT2D eigenvalue weighted by atomic mass is 19.3. The third kappa shape index (κ3) is 4.40. The fourth-order valence-electron chi connectivity index (χ4n) is 4.97. The lowest BCUT2D eigenvalue weighted by Gasteiger charge is -2.39. The summed E-state index contributed by atoms with van der Waals surface area (Å²) in [5, 5.41) is 6.90. The Kier molecular flexibility index (Phi) is 5.51. The summed E-state index contributed by atoms with van der Waals surface area (Å²) in [5.41, 5.74) is 0.338. The van der Waals surface area contributed by atoms with Crippen LogP contribution in [0.25, 0.3) is 11.3 Å². The summed E-state index contributed by atoms with van der Waals surface area (Å²) in [7, 11) is 0. The van der Waals surface area contributed by atoms with Crippen LogP contribution in [0.1, 0.15) is 69.9 Å².